The van der Waals surface area contributed by atoms with Crippen molar-refractivity contribution in [2.75, 3.05) is 0 Å². The molecule has 0 rings (SSSR count). The fraction of sp³-hybridized carbons (Fsp3) is 0. The molecule has 0 amide bonds. The fourth-order valence-electron chi connectivity index (χ4n) is 0. The second kappa shape index (κ2) is 7.25. The molecule has 51 valence electrons. The molecule has 5 nitrogen and oxygen atoms in total. The second-order valence-corrected chi connectivity index (χ2v) is 2.31. The van der Waals surface area contributed by atoms with Gasteiger partial charge in [-0.2, -0.15) is 0 Å². The molecule has 0 aromatic heterocycles. The summed E-state index contributed by atoms with van der Waals surface area (Å²) in [4.78, 5) is 0. The molecule has 8 heteroatoms. The molecule has 0 fully saturated rings. The summed E-state index contributed by atoms with van der Waals surface area (Å²) in [6, 6.07) is 0. The molecule has 0 aromatic rings. The summed E-state index contributed by atoms with van der Waals surface area (Å²) in [7, 11) is -4.97. The van der Waals surface area contributed by atoms with Crippen LogP contribution in [0, 0.1) is 0 Å². The molecule has 0 saturated carbocycles. The summed E-state index contributed by atoms with van der Waals surface area (Å²) in [5.41, 5.74) is 0. The van der Waals surface area contributed by atoms with Crippen LogP contribution in [-0.2, 0) is 42.4 Å². The zero-order chi connectivity index (χ0) is 7.15. The van der Waals surface area contributed by atoms with Crippen LogP contribution < -0.4 is 0 Å². The van der Waals surface area contributed by atoms with E-state index in [0.717, 1.165) is 0 Å². The zero-order valence-electron chi connectivity index (χ0n) is 3.25. The predicted molar refractivity (Wildman–Crippen MR) is 20.3 cm³/mol. The van der Waals surface area contributed by atoms with Gasteiger partial charge in [0.2, 0.25) is 0 Å². The van der Waals surface area contributed by atoms with Crippen LogP contribution in [-0.4, -0.2) is 13.0 Å². The van der Waals surface area contributed by atoms with E-state index in [1.807, 2.05) is 0 Å². The molecule has 0 heterocycles. The SMILES string of the molecule is O=[S-](=O)O.O=[S](=O)=[Fe+]. The first-order valence-electron chi connectivity index (χ1n) is 0.994. The van der Waals surface area contributed by atoms with Gasteiger partial charge in [-0.1, -0.05) is 0 Å². The molecule has 8 heavy (non-hydrogen) atoms. The van der Waals surface area contributed by atoms with Crippen molar-refractivity contribution in [2.24, 2.45) is 0 Å². The predicted octanol–water partition coefficient (Wildman–Crippen LogP) is -0.904. The average Bonchev–Trinajstić information content (AvgIpc) is 1.25. The van der Waals surface area contributed by atoms with Crippen LogP contribution in [0.25, 0.3) is 0 Å². The molecule has 0 aromatic carbocycles. The Balaban J connectivity index is 0. The normalized spacial score (nSPS) is 7.25. The quantitative estimate of drug-likeness (QED) is 0.237. The van der Waals surface area contributed by atoms with E-state index >= 15 is 0 Å². The summed E-state index contributed by atoms with van der Waals surface area (Å²) in [6.45, 7) is 0. The Kier molecular flexibility index (Phi) is 10.1. The Labute approximate surface area is 55.7 Å². The molecular weight excluding hydrogens is 200 g/mol. The topological polar surface area (TPSA) is 88.5 Å². The summed E-state index contributed by atoms with van der Waals surface area (Å²) >= 11 is 2.56. The Morgan fingerprint density at radius 2 is 1.38 bits per heavy atom. The zero-order valence-corrected chi connectivity index (χ0v) is 5.99. The van der Waals surface area contributed by atoms with E-state index < -0.39 is 19.6 Å². The molecule has 0 radical (unpaired) electrons. The van der Waals surface area contributed by atoms with Crippen LogP contribution in [0.5, 0.6) is 0 Å². The van der Waals surface area contributed by atoms with Gasteiger partial charge in [-0.15, -0.1) is 0 Å². The Bertz CT molecular complexity index is 177. The Hall–Kier alpha value is 0.249. The third-order valence-corrected chi connectivity index (χ3v) is 0. The van der Waals surface area contributed by atoms with Crippen molar-refractivity contribution in [1.82, 2.24) is 0 Å². The summed E-state index contributed by atoms with van der Waals surface area (Å²) in [5, 5.41) is 0. The van der Waals surface area contributed by atoms with Crippen molar-refractivity contribution in [1.29, 1.82) is 0 Å². The monoisotopic (exact) mass is 201 g/mol. The maximum atomic E-state index is 8.89. The summed E-state index contributed by atoms with van der Waals surface area (Å²) in [5.74, 6) is 0. The van der Waals surface area contributed by atoms with Gasteiger partial charge in [0.15, 0.2) is 0 Å². The number of hydrogen-bond donors (Lipinski definition) is 1. The Morgan fingerprint density at radius 1 is 1.38 bits per heavy atom. The van der Waals surface area contributed by atoms with Gasteiger partial charge in [0.25, 0.3) is 0 Å². The van der Waals surface area contributed by atoms with Crippen molar-refractivity contribution >= 4 is 19.6 Å². The van der Waals surface area contributed by atoms with Crippen LogP contribution in [0.1, 0.15) is 0 Å². The van der Waals surface area contributed by atoms with Gasteiger partial charge >= 0.3 is 31.4 Å². The molecule has 0 unspecified atom stereocenters. The Morgan fingerprint density at radius 3 is 1.38 bits per heavy atom. The number of hydrogen-bond acceptors (Lipinski definition) is 5. The van der Waals surface area contributed by atoms with Crippen molar-refractivity contribution in [3.63, 3.8) is 0 Å². The number of rotatable bonds is 0. The second-order valence-electron chi connectivity index (χ2n) is 0.403. The van der Waals surface area contributed by atoms with E-state index in [-0.39, 0.29) is 0 Å². The third-order valence-electron chi connectivity index (χ3n) is 0. The van der Waals surface area contributed by atoms with Crippen LogP contribution in [0.15, 0.2) is 0 Å². The maximum absolute atomic E-state index is 8.89. The molecule has 0 atom stereocenters. The first-order chi connectivity index (χ1) is 3.46. The molecule has 0 spiro atoms. The van der Waals surface area contributed by atoms with Gasteiger partial charge in [0.1, 0.15) is 0 Å². The van der Waals surface area contributed by atoms with Crippen molar-refractivity contribution < 1.29 is 35.8 Å². The van der Waals surface area contributed by atoms with E-state index in [9.17, 15) is 0 Å². The van der Waals surface area contributed by atoms with Crippen molar-refractivity contribution in [3.05, 3.63) is 0 Å². The fourth-order valence-corrected chi connectivity index (χ4v) is 0. The van der Waals surface area contributed by atoms with E-state index in [1.54, 1.807) is 0 Å². The first kappa shape index (κ1) is 11.1. The van der Waals surface area contributed by atoms with Gasteiger partial charge in [0.05, 0.1) is 0 Å². The van der Waals surface area contributed by atoms with E-state index in [2.05, 4.69) is 14.4 Å². The summed E-state index contributed by atoms with van der Waals surface area (Å²) < 4.78 is 41.9. The van der Waals surface area contributed by atoms with Gasteiger partial charge in [0, 0.05) is 11.0 Å². The molecule has 0 aliphatic heterocycles. The molecule has 0 saturated heterocycles. The van der Waals surface area contributed by atoms with E-state index in [4.69, 9.17) is 21.4 Å². The van der Waals surface area contributed by atoms with Crippen LogP contribution in [0.2, 0.25) is 0 Å². The van der Waals surface area contributed by atoms with Gasteiger partial charge in [-0.3, -0.25) is 0 Å². The van der Waals surface area contributed by atoms with Gasteiger partial charge in [-0.25, -0.2) is 0 Å². The average molecular weight is 201 g/mol. The molecule has 0 aliphatic carbocycles. The first-order valence-corrected chi connectivity index (χ1v) is 4.33. The van der Waals surface area contributed by atoms with Gasteiger partial charge in [-0.05, 0) is 0 Å². The van der Waals surface area contributed by atoms with Gasteiger partial charge < -0.3 is 13.0 Å². The van der Waals surface area contributed by atoms with E-state index in [0.29, 0.717) is 0 Å². The van der Waals surface area contributed by atoms with Crippen molar-refractivity contribution in [2.45, 2.75) is 0 Å². The third kappa shape index (κ3) is 2770. The molecule has 0 aliphatic rings. The van der Waals surface area contributed by atoms with E-state index in [1.165, 1.54) is 0 Å². The molecule has 1 N–H and O–H groups in total. The van der Waals surface area contributed by atoms with Crippen LogP contribution >= 0.6 is 0 Å². The minimum absolute atomic E-state index is 2.11. The van der Waals surface area contributed by atoms with Crippen LogP contribution in [0.4, 0.5) is 0 Å². The van der Waals surface area contributed by atoms with Crippen LogP contribution in [0.3, 0.4) is 0 Å². The molecule has 0 bridgehead atoms. The molecular formula is HFeO5S2. The minimum atomic E-state index is -2.86. The summed E-state index contributed by atoms with van der Waals surface area (Å²) in [6.07, 6.45) is 0. The standard InChI is InChI=1S/Fe.HO3S.O2S/c;1-4(2)3;1-3-2/h;(H,1,2,3);/q+1;-1;. The van der Waals surface area contributed by atoms with Crippen molar-refractivity contribution in [3.8, 4) is 0 Å².